The summed E-state index contributed by atoms with van der Waals surface area (Å²) < 4.78 is 0. The highest BCUT2D eigenvalue weighted by Gasteiger charge is 2.34. The van der Waals surface area contributed by atoms with Crippen molar-refractivity contribution >= 4 is 29.7 Å². The number of amides is 2. The third-order valence-corrected chi connectivity index (χ3v) is 4.00. The predicted molar refractivity (Wildman–Crippen MR) is 79.2 cm³/mol. The number of fused-ring (bicyclic) bond motifs is 1. The quantitative estimate of drug-likeness (QED) is 0.842. The summed E-state index contributed by atoms with van der Waals surface area (Å²) in [4.78, 5) is 36.5. The van der Waals surface area contributed by atoms with Crippen molar-refractivity contribution in [3.63, 3.8) is 0 Å². The fraction of sp³-hybridized carbons (Fsp3) is 0.400. The lowest BCUT2D eigenvalue weighted by atomic mass is 10.1. The topological polar surface area (TPSA) is 66.5 Å². The Labute approximate surface area is 128 Å². The van der Waals surface area contributed by atoms with Crippen LogP contribution in [0.15, 0.2) is 12.1 Å². The van der Waals surface area contributed by atoms with Crippen LogP contribution in [0.4, 0.5) is 0 Å². The maximum absolute atomic E-state index is 12.4. The number of nitrogens with zero attached hydrogens (tertiary/aromatic N) is 1. The molecule has 0 saturated heterocycles. The molecular formula is C15H17ClN2O3. The van der Waals surface area contributed by atoms with E-state index < -0.39 is 6.04 Å². The van der Waals surface area contributed by atoms with Crippen LogP contribution < -0.4 is 5.32 Å². The number of aldehydes is 1. The Morgan fingerprint density at radius 2 is 2.24 bits per heavy atom. The van der Waals surface area contributed by atoms with E-state index in [2.05, 4.69) is 5.32 Å². The molecule has 1 aromatic carbocycles. The van der Waals surface area contributed by atoms with Gasteiger partial charge in [-0.3, -0.25) is 9.59 Å². The van der Waals surface area contributed by atoms with Crippen LogP contribution in [0.3, 0.4) is 0 Å². The molecule has 21 heavy (non-hydrogen) atoms. The second-order valence-corrected chi connectivity index (χ2v) is 5.53. The molecule has 1 N–H and O–H groups in total. The summed E-state index contributed by atoms with van der Waals surface area (Å²) in [6, 6.07) is 2.97. The SMILES string of the molecule is CNC(=O)CCC(C=O)N1Cc2c(Cl)cc(C)cc2C1=O. The molecule has 5 nitrogen and oxygen atoms in total. The molecule has 0 radical (unpaired) electrons. The number of benzene rings is 1. The predicted octanol–water partition coefficient (Wildman–Crippen LogP) is 1.70. The normalized spacial score (nSPS) is 14.8. The first-order chi connectivity index (χ1) is 9.97. The van der Waals surface area contributed by atoms with E-state index in [1.54, 1.807) is 12.1 Å². The zero-order valence-corrected chi connectivity index (χ0v) is 12.7. The van der Waals surface area contributed by atoms with E-state index in [1.807, 2.05) is 6.92 Å². The van der Waals surface area contributed by atoms with E-state index >= 15 is 0 Å². The first-order valence-electron chi connectivity index (χ1n) is 6.73. The van der Waals surface area contributed by atoms with Gasteiger partial charge in [-0.1, -0.05) is 11.6 Å². The van der Waals surface area contributed by atoms with Crippen LogP contribution in [-0.2, 0) is 16.1 Å². The van der Waals surface area contributed by atoms with Gasteiger partial charge in [-0.2, -0.15) is 0 Å². The molecule has 1 unspecified atom stereocenters. The third kappa shape index (κ3) is 3.08. The average Bonchev–Trinajstić information content (AvgIpc) is 2.78. The van der Waals surface area contributed by atoms with Crippen molar-refractivity contribution in [2.24, 2.45) is 0 Å². The second-order valence-electron chi connectivity index (χ2n) is 5.12. The molecule has 0 fully saturated rings. The molecule has 1 aliphatic rings. The number of nitrogens with one attached hydrogen (secondary N) is 1. The van der Waals surface area contributed by atoms with Gasteiger partial charge in [0.05, 0.1) is 6.04 Å². The van der Waals surface area contributed by atoms with Crippen molar-refractivity contribution in [2.45, 2.75) is 32.4 Å². The smallest absolute Gasteiger partial charge is 0.255 e. The molecule has 0 aliphatic carbocycles. The number of rotatable bonds is 5. The summed E-state index contributed by atoms with van der Waals surface area (Å²) in [5, 5.41) is 3.04. The summed E-state index contributed by atoms with van der Waals surface area (Å²) >= 11 is 6.17. The summed E-state index contributed by atoms with van der Waals surface area (Å²) in [7, 11) is 1.54. The third-order valence-electron chi connectivity index (χ3n) is 3.66. The standard InChI is InChI=1S/C15H17ClN2O3/c1-9-5-11-12(13(16)6-9)7-18(15(11)21)10(8-19)3-4-14(20)17-2/h5-6,8,10H,3-4,7H2,1-2H3,(H,17,20). The second kappa shape index (κ2) is 6.26. The van der Waals surface area contributed by atoms with Gasteiger partial charge < -0.3 is 15.0 Å². The summed E-state index contributed by atoms with van der Waals surface area (Å²) in [6.45, 7) is 2.18. The number of carbonyl (C=O) groups excluding carboxylic acids is 3. The summed E-state index contributed by atoms with van der Waals surface area (Å²) in [5.41, 5.74) is 2.20. The van der Waals surface area contributed by atoms with Crippen LogP contribution in [0.5, 0.6) is 0 Å². The Kier molecular flexibility index (Phi) is 4.63. The minimum Gasteiger partial charge on any atom is -0.359 e. The molecule has 112 valence electrons. The van der Waals surface area contributed by atoms with Gasteiger partial charge in [0.1, 0.15) is 6.29 Å². The zero-order chi connectivity index (χ0) is 15.6. The molecule has 1 heterocycles. The maximum Gasteiger partial charge on any atom is 0.255 e. The number of aryl methyl sites for hydroxylation is 1. The highest BCUT2D eigenvalue weighted by Crippen LogP contribution is 2.32. The van der Waals surface area contributed by atoms with Crippen LogP contribution in [0.25, 0.3) is 0 Å². The van der Waals surface area contributed by atoms with Gasteiger partial charge in [0.25, 0.3) is 5.91 Å². The van der Waals surface area contributed by atoms with Gasteiger partial charge in [0.2, 0.25) is 5.91 Å². The lowest BCUT2D eigenvalue weighted by Crippen LogP contribution is -2.37. The first-order valence-corrected chi connectivity index (χ1v) is 7.11. The molecule has 0 aromatic heterocycles. The maximum atomic E-state index is 12.4. The van der Waals surface area contributed by atoms with Gasteiger partial charge >= 0.3 is 0 Å². The van der Waals surface area contributed by atoms with E-state index in [4.69, 9.17) is 11.6 Å². The van der Waals surface area contributed by atoms with Crippen LogP contribution in [-0.4, -0.2) is 36.1 Å². The molecule has 0 bridgehead atoms. The Bertz CT molecular complexity index is 601. The Morgan fingerprint density at radius 3 is 2.86 bits per heavy atom. The Morgan fingerprint density at radius 1 is 1.52 bits per heavy atom. The molecule has 1 atom stereocenters. The summed E-state index contributed by atoms with van der Waals surface area (Å²) in [6.07, 6.45) is 1.22. The summed E-state index contributed by atoms with van der Waals surface area (Å²) in [5.74, 6) is -0.357. The van der Waals surface area contributed by atoms with Crippen LogP contribution in [0, 0.1) is 6.92 Å². The van der Waals surface area contributed by atoms with Crippen molar-refractivity contribution < 1.29 is 14.4 Å². The molecule has 1 aliphatic heterocycles. The van der Waals surface area contributed by atoms with Gasteiger partial charge in [0, 0.05) is 36.2 Å². The highest BCUT2D eigenvalue weighted by molar-refractivity contribution is 6.32. The van der Waals surface area contributed by atoms with E-state index in [-0.39, 0.29) is 18.2 Å². The Hall–Kier alpha value is -1.88. The minimum atomic E-state index is -0.612. The molecule has 0 spiro atoms. The number of carbonyl (C=O) groups is 3. The lowest BCUT2D eigenvalue weighted by Gasteiger charge is -2.22. The van der Waals surface area contributed by atoms with Gasteiger partial charge in [0.15, 0.2) is 0 Å². The van der Waals surface area contributed by atoms with E-state index in [0.717, 1.165) is 11.1 Å². The van der Waals surface area contributed by atoms with Crippen molar-refractivity contribution in [3.05, 3.63) is 33.8 Å². The van der Waals surface area contributed by atoms with Crippen molar-refractivity contribution in [1.82, 2.24) is 10.2 Å². The minimum absolute atomic E-state index is 0.153. The molecular weight excluding hydrogens is 292 g/mol. The fourth-order valence-electron chi connectivity index (χ4n) is 2.49. The van der Waals surface area contributed by atoms with Crippen molar-refractivity contribution in [2.75, 3.05) is 7.05 Å². The molecule has 1 aromatic rings. The van der Waals surface area contributed by atoms with Crippen LogP contribution >= 0.6 is 11.6 Å². The van der Waals surface area contributed by atoms with E-state index in [9.17, 15) is 14.4 Å². The molecule has 2 rings (SSSR count). The molecule has 6 heteroatoms. The molecule has 2 amide bonds. The Balaban J connectivity index is 2.19. The number of hydrogen-bond donors (Lipinski definition) is 1. The van der Waals surface area contributed by atoms with Crippen molar-refractivity contribution in [3.8, 4) is 0 Å². The van der Waals surface area contributed by atoms with Crippen LogP contribution in [0.2, 0.25) is 5.02 Å². The number of halogens is 1. The zero-order valence-electron chi connectivity index (χ0n) is 12.0. The average molecular weight is 309 g/mol. The fourth-order valence-corrected chi connectivity index (χ4v) is 2.82. The van der Waals surface area contributed by atoms with Gasteiger partial charge in [-0.15, -0.1) is 0 Å². The van der Waals surface area contributed by atoms with Crippen LogP contribution in [0.1, 0.15) is 34.3 Å². The van der Waals surface area contributed by atoms with Gasteiger partial charge in [-0.25, -0.2) is 0 Å². The largest absolute Gasteiger partial charge is 0.359 e. The van der Waals surface area contributed by atoms with E-state index in [1.165, 1.54) is 11.9 Å². The first kappa shape index (κ1) is 15.5. The molecule has 0 saturated carbocycles. The highest BCUT2D eigenvalue weighted by atomic mass is 35.5. The number of hydrogen-bond acceptors (Lipinski definition) is 3. The van der Waals surface area contributed by atoms with E-state index in [0.29, 0.717) is 29.8 Å². The monoisotopic (exact) mass is 308 g/mol. The van der Waals surface area contributed by atoms with Crippen molar-refractivity contribution in [1.29, 1.82) is 0 Å². The lowest BCUT2D eigenvalue weighted by molar-refractivity contribution is -0.121. The van der Waals surface area contributed by atoms with Gasteiger partial charge in [-0.05, 0) is 31.0 Å².